The van der Waals surface area contributed by atoms with E-state index in [1.165, 1.54) is 0 Å². The minimum absolute atomic E-state index is 0.0433. The topological polar surface area (TPSA) is 63.2 Å². The molecule has 25 heavy (non-hydrogen) atoms. The SMILES string of the molecule is CCCC(=O)OC1O[C@@H]2O[C@]3(C)CC[C@H]4[C@H](C)CCC([C@H]1C)C24OO3. The van der Waals surface area contributed by atoms with Crippen LogP contribution in [0.2, 0.25) is 0 Å². The molecule has 0 radical (unpaired) electrons. The van der Waals surface area contributed by atoms with Crippen LogP contribution < -0.4 is 0 Å². The highest BCUT2D eigenvalue weighted by Crippen LogP contribution is 2.60. The Morgan fingerprint density at radius 2 is 1.96 bits per heavy atom. The highest BCUT2D eigenvalue weighted by atomic mass is 17.3. The third-order valence-corrected chi connectivity index (χ3v) is 6.80. The predicted molar refractivity (Wildman–Crippen MR) is 87.8 cm³/mol. The Hall–Kier alpha value is -0.690. The second-order valence-corrected chi connectivity index (χ2v) is 8.51. The van der Waals surface area contributed by atoms with Crippen LogP contribution in [0.15, 0.2) is 0 Å². The molecule has 5 fully saturated rings. The van der Waals surface area contributed by atoms with Crippen molar-refractivity contribution in [3.8, 4) is 0 Å². The van der Waals surface area contributed by atoms with Gasteiger partial charge in [-0.25, -0.2) is 9.78 Å². The molecule has 8 atom stereocenters. The molecule has 2 bridgehead atoms. The molecule has 0 aromatic carbocycles. The third kappa shape index (κ3) is 2.64. The van der Waals surface area contributed by atoms with Crippen LogP contribution in [0.25, 0.3) is 0 Å². The minimum Gasteiger partial charge on any atom is -0.435 e. The van der Waals surface area contributed by atoms with Crippen molar-refractivity contribution in [3.05, 3.63) is 0 Å². The summed E-state index contributed by atoms with van der Waals surface area (Å²) < 4.78 is 18.1. The number of esters is 1. The number of rotatable bonds is 3. The van der Waals surface area contributed by atoms with E-state index in [1.54, 1.807) is 0 Å². The van der Waals surface area contributed by atoms with Crippen molar-refractivity contribution < 1.29 is 28.8 Å². The normalized spacial score (nSPS) is 51.5. The predicted octanol–water partition coefficient (Wildman–Crippen LogP) is 3.54. The molecule has 3 unspecified atom stereocenters. The average Bonchev–Trinajstić information content (AvgIpc) is 2.79. The van der Waals surface area contributed by atoms with Gasteiger partial charge in [-0.3, -0.25) is 4.79 Å². The van der Waals surface area contributed by atoms with E-state index in [9.17, 15) is 4.79 Å². The Morgan fingerprint density at radius 3 is 2.72 bits per heavy atom. The van der Waals surface area contributed by atoms with E-state index in [1.807, 2.05) is 13.8 Å². The standard InChI is InChI=1S/C19H30O6/c1-5-6-15(20)21-16-12(3)14-8-7-11(2)13-9-10-18(4)23-17(22-16)19(13,14)25-24-18/h11-14,16-17H,5-10H2,1-4H3/t11-,12-,13+,14?,16?,17-,18+,19?/m1/s1. The summed E-state index contributed by atoms with van der Waals surface area (Å²) in [6.45, 7) is 8.24. The van der Waals surface area contributed by atoms with Crippen molar-refractivity contribution in [2.75, 3.05) is 0 Å². The van der Waals surface area contributed by atoms with Crippen molar-refractivity contribution in [1.29, 1.82) is 0 Å². The molecular formula is C19H30O6. The molecule has 1 spiro atoms. The first-order valence-electron chi connectivity index (χ1n) is 9.79. The minimum atomic E-state index is -0.796. The van der Waals surface area contributed by atoms with Crippen molar-refractivity contribution in [1.82, 2.24) is 0 Å². The summed E-state index contributed by atoms with van der Waals surface area (Å²) in [7, 11) is 0. The Labute approximate surface area is 149 Å². The molecule has 4 saturated heterocycles. The van der Waals surface area contributed by atoms with Gasteiger partial charge < -0.3 is 14.2 Å². The Bertz CT molecular complexity index is 538. The van der Waals surface area contributed by atoms with Crippen LogP contribution >= 0.6 is 0 Å². The average molecular weight is 354 g/mol. The van der Waals surface area contributed by atoms with Gasteiger partial charge in [-0.2, -0.15) is 0 Å². The molecule has 4 aliphatic heterocycles. The Morgan fingerprint density at radius 1 is 1.16 bits per heavy atom. The first kappa shape index (κ1) is 17.7. The van der Waals surface area contributed by atoms with Gasteiger partial charge in [-0.05, 0) is 44.4 Å². The first-order valence-corrected chi connectivity index (χ1v) is 9.79. The van der Waals surface area contributed by atoms with Gasteiger partial charge in [0, 0.05) is 24.7 Å². The summed E-state index contributed by atoms with van der Waals surface area (Å²) in [6.07, 6.45) is 3.97. The van der Waals surface area contributed by atoms with Crippen LogP contribution in [-0.2, 0) is 28.8 Å². The van der Waals surface area contributed by atoms with Gasteiger partial charge in [0.2, 0.25) is 12.1 Å². The maximum atomic E-state index is 12.0. The number of hydrogen-bond acceptors (Lipinski definition) is 6. The van der Waals surface area contributed by atoms with Gasteiger partial charge in [-0.1, -0.05) is 20.8 Å². The van der Waals surface area contributed by atoms with Crippen molar-refractivity contribution in [2.24, 2.45) is 23.7 Å². The van der Waals surface area contributed by atoms with Gasteiger partial charge >= 0.3 is 5.97 Å². The molecule has 0 aromatic heterocycles. The first-order chi connectivity index (χ1) is 11.9. The molecule has 5 rings (SSSR count). The molecule has 142 valence electrons. The third-order valence-electron chi connectivity index (χ3n) is 6.80. The highest BCUT2D eigenvalue weighted by molar-refractivity contribution is 5.69. The van der Waals surface area contributed by atoms with Crippen molar-refractivity contribution in [2.45, 2.75) is 90.2 Å². The van der Waals surface area contributed by atoms with Crippen molar-refractivity contribution >= 4 is 5.97 Å². The summed E-state index contributed by atoms with van der Waals surface area (Å²) in [5, 5.41) is 0. The molecule has 6 heteroatoms. The van der Waals surface area contributed by atoms with E-state index in [2.05, 4.69) is 13.8 Å². The molecule has 0 aromatic rings. The smallest absolute Gasteiger partial charge is 0.308 e. The second kappa shape index (κ2) is 6.19. The van der Waals surface area contributed by atoms with E-state index in [-0.39, 0.29) is 17.8 Å². The summed E-state index contributed by atoms with van der Waals surface area (Å²) >= 11 is 0. The quantitative estimate of drug-likeness (QED) is 0.571. The van der Waals surface area contributed by atoms with E-state index in [0.29, 0.717) is 18.3 Å². The summed E-state index contributed by atoms with van der Waals surface area (Å²) in [5.74, 6) is 0.0851. The molecule has 1 saturated carbocycles. The fourth-order valence-corrected chi connectivity index (χ4v) is 5.40. The van der Waals surface area contributed by atoms with Crippen LogP contribution in [0.5, 0.6) is 0 Å². The number of carbonyl (C=O) groups excluding carboxylic acids is 1. The van der Waals surface area contributed by atoms with Gasteiger partial charge in [-0.15, -0.1) is 0 Å². The Balaban J connectivity index is 1.66. The van der Waals surface area contributed by atoms with Crippen LogP contribution in [0.3, 0.4) is 0 Å². The fourth-order valence-electron chi connectivity index (χ4n) is 5.40. The molecule has 0 amide bonds. The molecule has 0 N–H and O–H groups in total. The summed E-state index contributed by atoms with van der Waals surface area (Å²) in [6, 6.07) is 0. The van der Waals surface area contributed by atoms with E-state index < -0.39 is 24.0 Å². The van der Waals surface area contributed by atoms with E-state index in [0.717, 1.165) is 32.1 Å². The Kier molecular flexibility index (Phi) is 4.38. The van der Waals surface area contributed by atoms with Crippen LogP contribution in [0.1, 0.15) is 66.2 Å². The van der Waals surface area contributed by atoms with E-state index >= 15 is 0 Å². The number of carbonyl (C=O) groups is 1. The summed E-state index contributed by atoms with van der Waals surface area (Å²) in [5.41, 5.74) is -0.596. The number of hydrogen-bond donors (Lipinski definition) is 0. The zero-order valence-corrected chi connectivity index (χ0v) is 15.7. The second-order valence-electron chi connectivity index (χ2n) is 8.51. The molecule has 6 nitrogen and oxygen atoms in total. The lowest BCUT2D eigenvalue weighted by Crippen LogP contribution is -2.70. The van der Waals surface area contributed by atoms with Crippen molar-refractivity contribution in [3.63, 3.8) is 0 Å². The zero-order valence-electron chi connectivity index (χ0n) is 15.7. The van der Waals surface area contributed by atoms with Gasteiger partial charge in [0.1, 0.15) is 0 Å². The summed E-state index contributed by atoms with van der Waals surface area (Å²) in [4.78, 5) is 23.9. The lowest BCUT2D eigenvalue weighted by atomic mass is 9.58. The van der Waals surface area contributed by atoms with Gasteiger partial charge in [0.25, 0.3) is 0 Å². The number of ether oxygens (including phenoxy) is 3. The van der Waals surface area contributed by atoms with Gasteiger partial charge in [0.15, 0.2) is 11.9 Å². The van der Waals surface area contributed by atoms with Gasteiger partial charge in [0.05, 0.1) is 0 Å². The lowest BCUT2D eigenvalue weighted by Gasteiger charge is -2.59. The highest BCUT2D eigenvalue weighted by Gasteiger charge is 2.69. The number of fused-ring (bicyclic) bond motifs is 2. The molecular weight excluding hydrogens is 324 g/mol. The molecule has 5 aliphatic rings. The molecule has 1 aliphatic carbocycles. The fraction of sp³-hybridized carbons (Fsp3) is 0.947. The monoisotopic (exact) mass is 354 g/mol. The lowest BCUT2D eigenvalue weighted by molar-refractivity contribution is -0.576. The van der Waals surface area contributed by atoms with Crippen LogP contribution in [-0.4, -0.2) is 29.9 Å². The van der Waals surface area contributed by atoms with E-state index in [4.69, 9.17) is 24.0 Å². The maximum absolute atomic E-state index is 12.0. The largest absolute Gasteiger partial charge is 0.435 e. The van der Waals surface area contributed by atoms with Crippen LogP contribution in [0, 0.1) is 23.7 Å². The molecule has 4 heterocycles. The van der Waals surface area contributed by atoms with Crippen LogP contribution in [0.4, 0.5) is 0 Å². The maximum Gasteiger partial charge on any atom is 0.308 e. The zero-order chi connectivity index (χ0) is 17.8.